The fourth-order valence-electron chi connectivity index (χ4n) is 2.58. The molecule has 0 fully saturated rings. The smallest absolute Gasteiger partial charge is 0.267 e. The van der Waals surface area contributed by atoms with Gasteiger partial charge in [0.1, 0.15) is 11.9 Å². The number of nitrogens with zero attached hydrogens (tertiary/aromatic N) is 9. The van der Waals surface area contributed by atoms with Gasteiger partial charge >= 0.3 is 0 Å². The zero-order valence-electron chi connectivity index (χ0n) is 13.5. The van der Waals surface area contributed by atoms with Gasteiger partial charge in [0.2, 0.25) is 0 Å². The molecule has 1 aromatic carbocycles. The lowest BCUT2D eigenvalue weighted by atomic mass is 10.3. The number of rotatable bonds is 5. The van der Waals surface area contributed by atoms with Crippen LogP contribution in [0.3, 0.4) is 0 Å². The first-order valence-electron chi connectivity index (χ1n) is 7.90. The van der Waals surface area contributed by atoms with E-state index in [1.165, 1.54) is 10.9 Å². The molecule has 10 heteroatoms. The second-order valence-corrected chi connectivity index (χ2v) is 5.50. The molecule has 0 aliphatic carbocycles. The van der Waals surface area contributed by atoms with Crippen LogP contribution in [0, 0.1) is 0 Å². The van der Waals surface area contributed by atoms with Crippen molar-refractivity contribution in [1.29, 1.82) is 0 Å². The highest BCUT2D eigenvalue weighted by molar-refractivity contribution is 5.74. The predicted octanol–water partition coefficient (Wildman–Crippen LogP) is 0.422. The largest absolute Gasteiger partial charge is 0.281 e. The van der Waals surface area contributed by atoms with Crippen molar-refractivity contribution >= 4 is 11.0 Å². The predicted molar refractivity (Wildman–Crippen MR) is 88.1 cm³/mol. The Morgan fingerprint density at radius 1 is 1.04 bits per heavy atom. The number of fused-ring (bicyclic) bond motifs is 1. The van der Waals surface area contributed by atoms with Crippen LogP contribution in [0.5, 0.6) is 0 Å². The maximum Gasteiger partial charge on any atom is 0.281 e. The second-order valence-electron chi connectivity index (χ2n) is 5.50. The summed E-state index contributed by atoms with van der Waals surface area (Å²) in [5.74, 6) is 0.563. The van der Waals surface area contributed by atoms with Gasteiger partial charge in [-0.2, -0.15) is 5.10 Å². The van der Waals surface area contributed by atoms with Gasteiger partial charge < -0.3 is 0 Å². The Morgan fingerprint density at radius 3 is 2.68 bits per heavy atom. The van der Waals surface area contributed by atoms with Crippen molar-refractivity contribution in [3.63, 3.8) is 0 Å². The number of para-hydroxylation sites is 1. The van der Waals surface area contributed by atoms with E-state index in [2.05, 4.69) is 30.9 Å². The molecule has 3 heterocycles. The first-order valence-corrected chi connectivity index (χ1v) is 7.90. The number of benzene rings is 1. The van der Waals surface area contributed by atoms with Crippen molar-refractivity contribution in [2.75, 3.05) is 0 Å². The molecule has 4 rings (SSSR count). The second kappa shape index (κ2) is 6.23. The highest BCUT2D eigenvalue weighted by atomic mass is 16.1. The zero-order chi connectivity index (χ0) is 17.2. The van der Waals surface area contributed by atoms with Crippen molar-refractivity contribution < 1.29 is 0 Å². The summed E-state index contributed by atoms with van der Waals surface area (Å²) in [4.78, 5) is 12.7. The van der Waals surface area contributed by atoms with Crippen molar-refractivity contribution in [2.24, 2.45) is 0 Å². The quantitative estimate of drug-likeness (QED) is 0.519. The molecule has 126 valence electrons. The van der Waals surface area contributed by atoms with E-state index in [1.54, 1.807) is 9.36 Å². The Hall–Kier alpha value is -3.43. The molecule has 0 aliphatic heterocycles. The third-order valence-electron chi connectivity index (χ3n) is 3.79. The number of hydrogen-bond acceptors (Lipinski definition) is 7. The monoisotopic (exact) mass is 337 g/mol. The molecular weight excluding hydrogens is 322 g/mol. The highest BCUT2D eigenvalue weighted by Crippen LogP contribution is 2.12. The van der Waals surface area contributed by atoms with Crippen LogP contribution in [0.4, 0.5) is 0 Å². The van der Waals surface area contributed by atoms with Crippen molar-refractivity contribution in [2.45, 2.75) is 26.4 Å². The van der Waals surface area contributed by atoms with E-state index in [4.69, 9.17) is 0 Å². The molecule has 25 heavy (non-hydrogen) atoms. The topological polar surface area (TPSA) is 109 Å². The SMILES string of the molecule is CCCn1nnnc1Cn1nnc2c(cnn2-c2ccccc2)c1=O. The molecule has 3 aromatic heterocycles. The van der Waals surface area contributed by atoms with E-state index < -0.39 is 0 Å². The molecule has 4 aromatic rings. The van der Waals surface area contributed by atoms with Crippen LogP contribution in [0.2, 0.25) is 0 Å². The summed E-state index contributed by atoms with van der Waals surface area (Å²) in [6, 6.07) is 9.47. The molecule has 0 atom stereocenters. The lowest BCUT2D eigenvalue weighted by Crippen LogP contribution is -2.26. The summed E-state index contributed by atoms with van der Waals surface area (Å²) in [5.41, 5.74) is 0.953. The number of aromatic nitrogens is 9. The third-order valence-corrected chi connectivity index (χ3v) is 3.79. The molecule has 0 amide bonds. The summed E-state index contributed by atoms with van der Waals surface area (Å²) in [6.07, 6.45) is 2.40. The van der Waals surface area contributed by atoms with E-state index in [-0.39, 0.29) is 12.1 Å². The molecular formula is C15H15N9O. The van der Waals surface area contributed by atoms with Crippen LogP contribution in [0.25, 0.3) is 16.7 Å². The van der Waals surface area contributed by atoms with Gasteiger partial charge in [-0.3, -0.25) is 4.79 Å². The van der Waals surface area contributed by atoms with Crippen LogP contribution in [-0.4, -0.2) is 45.0 Å². The fraction of sp³-hybridized carbons (Fsp3) is 0.267. The minimum atomic E-state index is -0.279. The molecule has 0 bridgehead atoms. The zero-order valence-corrected chi connectivity index (χ0v) is 13.5. The summed E-state index contributed by atoms with van der Waals surface area (Å²) >= 11 is 0. The van der Waals surface area contributed by atoms with E-state index >= 15 is 0 Å². The molecule has 0 saturated carbocycles. The van der Waals surface area contributed by atoms with Gasteiger partial charge in [-0.25, -0.2) is 14.0 Å². The van der Waals surface area contributed by atoms with Crippen LogP contribution in [-0.2, 0) is 13.1 Å². The summed E-state index contributed by atoms with van der Waals surface area (Å²) in [6.45, 7) is 2.87. The maximum absolute atomic E-state index is 12.7. The van der Waals surface area contributed by atoms with Gasteiger partial charge in [0.15, 0.2) is 11.5 Å². The lowest BCUT2D eigenvalue weighted by molar-refractivity contribution is 0.513. The molecule has 0 radical (unpaired) electrons. The van der Waals surface area contributed by atoms with Gasteiger partial charge in [0, 0.05) is 6.54 Å². The first-order chi connectivity index (χ1) is 12.3. The minimum Gasteiger partial charge on any atom is -0.267 e. The van der Waals surface area contributed by atoms with E-state index in [9.17, 15) is 4.79 Å². The van der Waals surface area contributed by atoms with Gasteiger partial charge in [-0.1, -0.05) is 30.3 Å². The van der Waals surface area contributed by atoms with E-state index in [1.807, 2.05) is 37.3 Å². The van der Waals surface area contributed by atoms with Crippen molar-refractivity contribution in [1.82, 2.24) is 45.0 Å². The molecule has 0 unspecified atom stereocenters. The normalized spacial score (nSPS) is 11.2. The van der Waals surface area contributed by atoms with Gasteiger partial charge in [-0.05, 0) is 29.0 Å². The van der Waals surface area contributed by atoms with Gasteiger partial charge in [0.05, 0.1) is 11.9 Å². The summed E-state index contributed by atoms with van der Waals surface area (Å²) in [5, 5.41) is 24.4. The number of hydrogen-bond donors (Lipinski definition) is 0. The lowest BCUT2D eigenvalue weighted by Gasteiger charge is -2.05. The Morgan fingerprint density at radius 2 is 1.88 bits per heavy atom. The Kier molecular flexibility index (Phi) is 3.77. The standard InChI is InChI=1S/C15H15N9O/c1-2-8-22-13(17-19-21-22)10-23-15(25)12-9-16-24(14(12)18-20-23)11-6-4-3-5-7-11/h3-7,9H,2,8,10H2,1H3. The summed E-state index contributed by atoms with van der Waals surface area (Å²) in [7, 11) is 0. The third kappa shape index (κ3) is 2.67. The van der Waals surface area contributed by atoms with Gasteiger partial charge in [-0.15, -0.1) is 10.2 Å². The molecule has 0 spiro atoms. The van der Waals surface area contributed by atoms with Crippen LogP contribution in [0.15, 0.2) is 41.3 Å². The van der Waals surface area contributed by atoms with Crippen LogP contribution in [0.1, 0.15) is 19.2 Å². The van der Waals surface area contributed by atoms with Crippen molar-refractivity contribution in [3.05, 3.63) is 52.7 Å². The molecule has 0 saturated heterocycles. The molecule has 0 N–H and O–H groups in total. The average Bonchev–Trinajstić information content (AvgIpc) is 3.26. The molecule has 0 aliphatic rings. The maximum atomic E-state index is 12.7. The minimum absolute atomic E-state index is 0.158. The summed E-state index contributed by atoms with van der Waals surface area (Å²) < 4.78 is 4.50. The highest BCUT2D eigenvalue weighted by Gasteiger charge is 2.14. The van der Waals surface area contributed by atoms with Crippen LogP contribution >= 0.6 is 0 Å². The fourth-order valence-corrected chi connectivity index (χ4v) is 2.58. The van der Waals surface area contributed by atoms with Crippen LogP contribution < -0.4 is 5.56 Å². The molecule has 10 nitrogen and oxygen atoms in total. The first kappa shape index (κ1) is 15.1. The Labute approximate surface area is 141 Å². The Balaban J connectivity index is 1.74. The van der Waals surface area contributed by atoms with E-state index in [0.717, 1.165) is 12.1 Å². The number of tetrazole rings is 1. The van der Waals surface area contributed by atoms with Gasteiger partial charge in [0.25, 0.3) is 5.56 Å². The van der Waals surface area contributed by atoms with Crippen molar-refractivity contribution in [3.8, 4) is 5.69 Å². The Bertz CT molecular complexity index is 1060. The number of aryl methyl sites for hydroxylation is 1. The average molecular weight is 337 g/mol. The van der Waals surface area contributed by atoms with E-state index in [0.29, 0.717) is 23.4 Å².